The van der Waals surface area contributed by atoms with E-state index in [0.717, 1.165) is 22.6 Å². The molecule has 2 aliphatic heterocycles. The maximum absolute atomic E-state index is 13.7. The molecule has 1 unspecified atom stereocenters. The highest BCUT2D eigenvalue weighted by atomic mass is 35.5. The number of fused-ring (bicyclic) bond motifs is 1. The predicted octanol–water partition coefficient (Wildman–Crippen LogP) is 2.38. The van der Waals surface area contributed by atoms with Gasteiger partial charge in [-0.2, -0.15) is 0 Å². The Balaban J connectivity index is 1.33. The molecule has 9 heteroatoms. The molecular weight excluding hydrogens is 442 g/mol. The Hall–Kier alpha value is -2.71. The smallest absolute Gasteiger partial charge is 0.232 e. The Labute approximate surface area is 198 Å². The monoisotopic (exact) mass is 469 g/mol. The van der Waals surface area contributed by atoms with Gasteiger partial charge in [-0.25, -0.2) is 9.97 Å². The summed E-state index contributed by atoms with van der Waals surface area (Å²) in [6.45, 7) is 4.54. The number of carbonyl (C=O) groups excluding carboxylic acids is 2. The molecule has 1 aromatic carbocycles. The topological polar surface area (TPSA) is 98.7 Å². The summed E-state index contributed by atoms with van der Waals surface area (Å²) in [6, 6.07) is 7.12. The molecule has 4 atom stereocenters. The van der Waals surface area contributed by atoms with Crippen LogP contribution < -0.4 is 10.2 Å². The third kappa shape index (κ3) is 4.17. The molecule has 5 rings (SSSR count). The Bertz CT molecular complexity index is 1050. The van der Waals surface area contributed by atoms with E-state index in [1.807, 2.05) is 17.0 Å². The van der Waals surface area contributed by atoms with Crippen molar-refractivity contribution in [2.75, 3.05) is 31.1 Å². The molecule has 2 N–H and O–H groups in total. The van der Waals surface area contributed by atoms with Crippen LogP contribution in [-0.4, -0.2) is 64.0 Å². The summed E-state index contributed by atoms with van der Waals surface area (Å²) in [5.41, 5.74) is 2.62. The van der Waals surface area contributed by atoms with Crippen LogP contribution in [-0.2, 0) is 9.59 Å². The van der Waals surface area contributed by atoms with Gasteiger partial charge in [0.25, 0.3) is 0 Å². The van der Waals surface area contributed by atoms with Gasteiger partial charge in [0.2, 0.25) is 11.8 Å². The van der Waals surface area contributed by atoms with Gasteiger partial charge in [-0.05, 0) is 36.5 Å². The lowest BCUT2D eigenvalue weighted by Gasteiger charge is -2.38. The zero-order chi connectivity index (χ0) is 23.1. The summed E-state index contributed by atoms with van der Waals surface area (Å²) in [6.07, 6.45) is 2.73. The van der Waals surface area contributed by atoms with Crippen LogP contribution >= 0.6 is 11.6 Å². The van der Waals surface area contributed by atoms with Crippen molar-refractivity contribution in [2.45, 2.75) is 50.2 Å². The first-order valence-corrected chi connectivity index (χ1v) is 11.9. The third-order valence-corrected chi connectivity index (χ3v) is 7.35. The molecule has 1 aromatic heterocycles. The first-order chi connectivity index (χ1) is 15.9. The second-order valence-electron chi connectivity index (χ2n) is 9.20. The van der Waals surface area contributed by atoms with Crippen LogP contribution in [0.2, 0.25) is 5.02 Å². The normalized spacial score (nSPS) is 25.7. The molecule has 174 valence electrons. The van der Waals surface area contributed by atoms with Crippen LogP contribution in [0.3, 0.4) is 0 Å². The van der Waals surface area contributed by atoms with E-state index in [0.29, 0.717) is 50.5 Å². The Morgan fingerprint density at radius 3 is 2.58 bits per heavy atom. The number of aliphatic hydroxyl groups excluding tert-OH is 1. The van der Waals surface area contributed by atoms with Crippen LogP contribution in [0, 0.1) is 0 Å². The van der Waals surface area contributed by atoms with Crippen molar-refractivity contribution in [2.24, 2.45) is 0 Å². The number of aromatic nitrogens is 2. The molecular formula is C24H28ClN5O3. The lowest BCUT2D eigenvalue weighted by Crippen LogP contribution is -2.52. The van der Waals surface area contributed by atoms with E-state index in [9.17, 15) is 14.7 Å². The maximum Gasteiger partial charge on any atom is 0.232 e. The minimum absolute atomic E-state index is 0.00879. The van der Waals surface area contributed by atoms with Crippen molar-refractivity contribution < 1.29 is 14.7 Å². The minimum atomic E-state index is -0.540. The number of benzene rings is 1. The zero-order valence-corrected chi connectivity index (χ0v) is 19.3. The highest BCUT2D eigenvalue weighted by molar-refractivity contribution is 6.30. The van der Waals surface area contributed by atoms with Crippen molar-refractivity contribution >= 4 is 29.2 Å². The number of amides is 2. The number of nitrogens with zero attached hydrogens (tertiary/aromatic N) is 4. The fraction of sp³-hybridized carbons (Fsp3) is 0.500. The highest BCUT2D eigenvalue weighted by Crippen LogP contribution is 2.43. The van der Waals surface area contributed by atoms with Crippen LogP contribution in [0.1, 0.15) is 60.9 Å². The average Bonchev–Trinajstić information content (AvgIpc) is 3.37. The molecule has 33 heavy (non-hydrogen) atoms. The van der Waals surface area contributed by atoms with E-state index in [1.165, 1.54) is 6.33 Å². The second-order valence-corrected chi connectivity index (χ2v) is 9.64. The number of aliphatic hydroxyl groups is 1. The van der Waals surface area contributed by atoms with E-state index in [-0.39, 0.29) is 23.8 Å². The van der Waals surface area contributed by atoms with E-state index >= 15 is 0 Å². The van der Waals surface area contributed by atoms with Crippen LogP contribution in [0.15, 0.2) is 30.6 Å². The number of hydrogen-bond donors (Lipinski definition) is 2. The van der Waals surface area contributed by atoms with Gasteiger partial charge in [0, 0.05) is 49.2 Å². The van der Waals surface area contributed by atoms with Gasteiger partial charge in [0.15, 0.2) is 0 Å². The molecule has 2 aromatic rings. The van der Waals surface area contributed by atoms with Gasteiger partial charge in [0.05, 0.1) is 17.7 Å². The van der Waals surface area contributed by atoms with Crippen molar-refractivity contribution in [3.63, 3.8) is 0 Å². The largest absolute Gasteiger partial charge is 0.387 e. The molecule has 8 nitrogen and oxygen atoms in total. The van der Waals surface area contributed by atoms with Gasteiger partial charge in [-0.3, -0.25) is 9.59 Å². The summed E-state index contributed by atoms with van der Waals surface area (Å²) in [4.78, 5) is 38.5. The molecule has 2 amide bonds. The standard InChI is InChI=1S/C24H28ClN5O3/c1-14-12-18(31)22-20(14)23(27-13-26-22)29-8-10-30(11-9-29)24(33)21(17-6-7-19(32)28-17)15-2-4-16(25)5-3-15/h2-5,13-14,17-18,21,31H,6-12H2,1H3,(H,28,32)/t14-,17?,18-,21+/m1/s1. The van der Waals surface area contributed by atoms with E-state index in [4.69, 9.17) is 11.6 Å². The highest BCUT2D eigenvalue weighted by Gasteiger charge is 2.39. The number of anilines is 1. The number of piperazine rings is 1. The Kier molecular flexibility index (Phi) is 5.97. The molecule has 1 aliphatic carbocycles. The quantitative estimate of drug-likeness (QED) is 0.713. The molecule has 0 bridgehead atoms. The van der Waals surface area contributed by atoms with Crippen molar-refractivity contribution in [1.29, 1.82) is 0 Å². The predicted molar refractivity (Wildman–Crippen MR) is 124 cm³/mol. The number of nitrogens with one attached hydrogen (secondary N) is 1. The molecule has 2 fully saturated rings. The van der Waals surface area contributed by atoms with E-state index in [1.54, 1.807) is 12.1 Å². The summed E-state index contributed by atoms with van der Waals surface area (Å²) in [7, 11) is 0. The molecule has 0 saturated carbocycles. The average molecular weight is 470 g/mol. The van der Waals surface area contributed by atoms with Gasteiger partial charge in [-0.15, -0.1) is 0 Å². The van der Waals surface area contributed by atoms with Crippen molar-refractivity contribution in [1.82, 2.24) is 20.2 Å². The van der Waals surface area contributed by atoms with Crippen LogP contribution in [0.25, 0.3) is 0 Å². The van der Waals surface area contributed by atoms with E-state index < -0.39 is 12.0 Å². The third-order valence-electron chi connectivity index (χ3n) is 7.10. The summed E-state index contributed by atoms with van der Waals surface area (Å²) >= 11 is 6.06. The van der Waals surface area contributed by atoms with Gasteiger partial charge in [-0.1, -0.05) is 30.7 Å². The van der Waals surface area contributed by atoms with Gasteiger partial charge >= 0.3 is 0 Å². The molecule has 2 saturated heterocycles. The molecule has 3 heterocycles. The van der Waals surface area contributed by atoms with Crippen LogP contribution in [0.5, 0.6) is 0 Å². The summed E-state index contributed by atoms with van der Waals surface area (Å²) in [5, 5.41) is 13.9. The maximum atomic E-state index is 13.7. The summed E-state index contributed by atoms with van der Waals surface area (Å²) < 4.78 is 0. The molecule has 0 radical (unpaired) electrons. The number of rotatable bonds is 4. The number of carbonyl (C=O) groups is 2. The fourth-order valence-corrected chi connectivity index (χ4v) is 5.52. The lowest BCUT2D eigenvalue weighted by atomic mass is 9.89. The Morgan fingerprint density at radius 2 is 1.91 bits per heavy atom. The van der Waals surface area contributed by atoms with E-state index in [2.05, 4.69) is 27.1 Å². The fourth-order valence-electron chi connectivity index (χ4n) is 5.39. The SMILES string of the molecule is C[C@@H]1C[C@@H](O)c2ncnc(N3CCN(C(=O)[C@@H](c4ccc(Cl)cc4)C4CCC(=O)N4)CC3)c21. The first kappa shape index (κ1) is 22.1. The first-order valence-electron chi connectivity index (χ1n) is 11.5. The molecule has 0 spiro atoms. The lowest BCUT2D eigenvalue weighted by molar-refractivity contribution is -0.133. The van der Waals surface area contributed by atoms with Gasteiger partial charge < -0.3 is 20.2 Å². The van der Waals surface area contributed by atoms with Crippen LogP contribution in [0.4, 0.5) is 5.82 Å². The van der Waals surface area contributed by atoms with Gasteiger partial charge in [0.1, 0.15) is 12.1 Å². The summed E-state index contributed by atoms with van der Waals surface area (Å²) in [5.74, 6) is 0.657. The number of hydrogen-bond acceptors (Lipinski definition) is 6. The van der Waals surface area contributed by atoms with Crippen molar-refractivity contribution in [3.05, 3.63) is 52.4 Å². The number of halogens is 1. The second kappa shape index (κ2) is 8.91. The Morgan fingerprint density at radius 1 is 1.18 bits per heavy atom. The molecule has 3 aliphatic rings. The zero-order valence-electron chi connectivity index (χ0n) is 18.6. The van der Waals surface area contributed by atoms with Crippen molar-refractivity contribution in [3.8, 4) is 0 Å². The minimum Gasteiger partial charge on any atom is -0.387 e.